The Morgan fingerprint density at radius 2 is 2.00 bits per heavy atom. The minimum Gasteiger partial charge on any atom is -0.544 e. The van der Waals surface area contributed by atoms with E-state index in [1.165, 1.54) is 6.07 Å². The first-order chi connectivity index (χ1) is 6.34. The number of thiophene rings is 1. The fourth-order valence-corrected chi connectivity index (χ4v) is 1.65. The second-order valence-corrected chi connectivity index (χ2v) is 4.98. The van der Waals surface area contributed by atoms with Gasteiger partial charge in [0.25, 0.3) is 0 Å². The van der Waals surface area contributed by atoms with Crippen LogP contribution in [0.3, 0.4) is 0 Å². The largest absolute Gasteiger partial charge is 0.544 e. The van der Waals surface area contributed by atoms with E-state index in [0.717, 1.165) is 11.3 Å². The first-order valence-electron chi connectivity index (χ1n) is 3.83. The first-order valence-corrected chi connectivity index (χ1v) is 5.41. The van der Waals surface area contributed by atoms with Gasteiger partial charge in [-0.05, 0) is 19.9 Å². The van der Waals surface area contributed by atoms with E-state index in [4.69, 9.17) is 23.2 Å². The van der Waals surface area contributed by atoms with Gasteiger partial charge in [-0.25, -0.2) is 0 Å². The summed E-state index contributed by atoms with van der Waals surface area (Å²) in [4.78, 5) is 10.2. The summed E-state index contributed by atoms with van der Waals surface area (Å²) >= 11 is 11.8. The Hall–Kier alpha value is -0.290. The Kier molecular flexibility index (Phi) is 6.11. The number of carbonyl (C=O) groups excluding carboxylic acids is 1. The maximum absolute atomic E-state index is 10.1. The summed E-state index contributed by atoms with van der Waals surface area (Å²) in [7, 11) is 0. The van der Waals surface area contributed by atoms with Crippen molar-refractivity contribution >= 4 is 40.5 Å². The van der Waals surface area contributed by atoms with Crippen molar-refractivity contribution in [3.8, 4) is 0 Å². The molecular formula is C8H11Cl2NO2S. The van der Waals surface area contributed by atoms with Crippen LogP contribution in [-0.4, -0.2) is 12.0 Å². The van der Waals surface area contributed by atoms with Gasteiger partial charge in [-0.15, -0.1) is 11.3 Å². The molecule has 0 saturated carbocycles. The summed E-state index contributed by atoms with van der Waals surface area (Å²) < 4.78 is 0.279. The third-order valence-electron chi connectivity index (χ3n) is 0.846. The predicted octanol–water partition coefficient (Wildman–Crippen LogP) is 1.06. The van der Waals surface area contributed by atoms with Crippen LogP contribution in [0.4, 0.5) is 0 Å². The standard InChI is InChI=1S/C5H2Cl2O2S.C3H9N/c6-2-1-3(5(8)9)10-4(2)7;1-3(2)4/h1H,(H,8,9);3H,4H2,1-2H3. The van der Waals surface area contributed by atoms with Gasteiger partial charge < -0.3 is 15.6 Å². The van der Waals surface area contributed by atoms with Crippen molar-refractivity contribution in [3.05, 3.63) is 20.3 Å². The molecule has 1 aromatic heterocycles. The summed E-state index contributed by atoms with van der Waals surface area (Å²) in [6, 6.07) is 1.85. The molecule has 3 N–H and O–H groups in total. The minimum absolute atomic E-state index is 0.0509. The van der Waals surface area contributed by atoms with E-state index < -0.39 is 5.97 Å². The van der Waals surface area contributed by atoms with E-state index in [0.29, 0.717) is 6.04 Å². The molecule has 0 aromatic carbocycles. The van der Waals surface area contributed by atoms with Crippen LogP contribution in [0.25, 0.3) is 0 Å². The smallest absolute Gasteiger partial charge is 0.112 e. The van der Waals surface area contributed by atoms with Crippen LogP contribution in [0.1, 0.15) is 23.5 Å². The molecule has 14 heavy (non-hydrogen) atoms. The van der Waals surface area contributed by atoms with Gasteiger partial charge in [0.1, 0.15) is 4.34 Å². The summed E-state index contributed by atoms with van der Waals surface area (Å²) in [5.41, 5.74) is 3.64. The van der Waals surface area contributed by atoms with Gasteiger partial charge in [0.15, 0.2) is 0 Å². The zero-order valence-corrected chi connectivity index (χ0v) is 10.2. The fourth-order valence-electron chi connectivity index (χ4n) is 0.447. The molecule has 0 fully saturated rings. The molecule has 0 bridgehead atoms. The molecule has 0 atom stereocenters. The van der Waals surface area contributed by atoms with E-state index in [1.54, 1.807) is 0 Å². The second kappa shape index (κ2) is 6.24. The van der Waals surface area contributed by atoms with Gasteiger partial charge in [-0.1, -0.05) is 23.2 Å². The maximum Gasteiger partial charge on any atom is 0.112 e. The molecule has 0 amide bonds. The summed E-state index contributed by atoms with van der Waals surface area (Å²) in [6.07, 6.45) is 0. The molecule has 0 aliphatic rings. The van der Waals surface area contributed by atoms with Crippen molar-refractivity contribution in [2.45, 2.75) is 19.9 Å². The fraction of sp³-hybridized carbons (Fsp3) is 0.375. The van der Waals surface area contributed by atoms with Crippen molar-refractivity contribution in [3.63, 3.8) is 0 Å². The number of carbonyl (C=O) groups is 1. The Balaban J connectivity index is 0.000000364. The summed E-state index contributed by atoms with van der Waals surface area (Å²) in [5.74, 6) is -1.25. The van der Waals surface area contributed by atoms with Crippen molar-refractivity contribution < 1.29 is 15.6 Å². The molecule has 0 radical (unpaired) electrons. The van der Waals surface area contributed by atoms with Crippen molar-refractivity contribution in [2.75, 3.05) is 0 Å². The highest BCUT2D eigenvalue weighted by molar-refractivity contribution is 7.18. The average Bonchev–Trinajstić information content (AvgIpc) is 2.31. The van der Waals surface area contributed by atoms with Crippen LogP contribution in [0.5, 0.6) is 0 Å². The number of rotatable bonds is 1. The van der Waals surface area contributed by atoms with Gasteiger partial charge in [0, 0.05) is 0 Å². The van der Waals surface area contributed by atoms with Crippen LogP contribution < -0.4 is 10.8 Å². The van der Waals surface area contributed by atoms with Gasteiger partial charge in [0.2, 0.25) is 0 Å². The highest BCUT2D eigenvalue weighted by atomic mass is 35.5. The van der Waals surface area contributed by atoms with E-state index in [2.05, 4.69) is 19.6 Å². The van der Waals surface area contributed by atoms with Gasteiger partial charge >= 0.3 is 0 Å². The molecule has 3 nitrogen and oxygen atoms in total. The highest BCUT2D eigenvalue weighted by Crippen LogP contribution is 2.30. The minimum atomic E-state index is -1.25. The Labute approximate surface area is 96.4 Å². The van der Waals surface area contributed by atoms with E-state index >= 15 is 0 Å². The molecule has 0 unspecified atom stereocenters. The maximum atomic E-state index is 10.1. The first kappa shape index (κ1) is 13.7. The Morgan fingerprint density at radius 3 is 2.14 bits per heavy atom. The van der Waals surface area contributed by atoms with E-state index in [9.17, 15) is 9.90 Å². The molecule has 0 aliphatic carbocycles. The third-order valence-corrected chi connectivity index (χ3v) is 2.69. The van der Waals surface area contributed by atoms with Gasteiger partial charge in [0.05, 0.1) is 21.9 Å². The number of hydrogen-bond donors (Lipinski definition) is 1. The van der Waals surface area contributed by atoms with Crippen LogP contribution in [0, 0.1) is 0 Å². The molecular weight excluding hydrogens is 245 g/mol. The number of halogens is 2. The van der Waals surface area contributed by atoms with Crippen molar-refractivity contribution in [2.24, 2.45) is 0 Å². The van der Waals surface area contributed by atoms with Crippen LogP contribution in [-0.2, 0) is 0 Å². The lowest BCUT2D eigenvalue weighted by atomic mass is 10.5. The predicted molar refractivity (Wildman–Crippen MR) is 56.7 cm³/mol. The number of carboxylic acid groups (broad SMARTS) is 1. The zero-order valence-electron chi connectivity index (χ0n) is 7.84. The Morgan fingerprint density at radius 1 is 1.57 bits per heavy atom. The van der Waals surface area contributed by atoms with Crippen LogP contribution in [0.2, 0.25) is 9.36 Å². The molecule has 0 saturated heterocycles. The molecule has 80 valence electrons. The average molecular weight is 256 g/mol. The van der Waals surface area contributed by atoms with Crippen molar-refractivity contribution in [1.29, 1.82) is 0 Å². The number of hydrogen-bond acceptors (Lipinski definition) is 3. The quantitative estimate of drug-likeness (QED) is 0.816. The molecule has 1 heterocycles. The lowest BCUT2D eigenvalue weighted by molar-refractivity contribution is -0.407. The monoisotopic (exact) mass is 255 g/mol. The summed E-state index contributed by atoms with van der Waals surface area (Å²) in [5, 5.41) is 10.4. The number of carboxylic acids is 1. The SMILES string of the molecule is CC(C)[NH3+].O=C([O-])c1cc(Cl)c(Cl)s1. The lowest BCUT2D eigenvalue weighted by Crippen LogP contribution is -2.57. The molecule has 1 rings (SSSR count). The lowest BCUT2D eigenvalue weighted by Gasteiger charge is -1.91. The highest BCUT2D eigenvalue weighted by Gasteiger charge is 2.04. The summed E-state index contributed by atoms with van der Waals surface area (Å²) in [6.45, 7) is 4.11. The Bertz CT molecular complexity index is 290. The topological polar surface area (TPSA) is 67.8 Å². The van der Waals surface area contributed by atoms with E-state index in [-0.39, 0.29) is 14.2 Å². The van der Waals surface area contributed by atoms with Gasteiger partial charge in [-0.2, -0.15) is 0 Å². The normalized spacial score (nSPS) is 9.57. The van der Waals surface area contributed by atoms with Crippen LogP contribution in [0.15, 0.2) is 6.07 Å². The van der Waals surface area contributed by atoms with Gasteiger partial charge in [-0.3, -0.25) is 0 Å². The van der Waals surface area contributed by atoms with Crippen molar-refractivity contribution in [1.82, 2.24) is 0 Å². The third kappa shape index (κ3) is 5.44. The van der Waals surface area contributed by atoms with E-state index in [1.807, 2.05) is 0 Å². The number of quaternary nitrogens is 1. The van der Waals surface area contributed by atoms with Crippen LogP contribution >= 0.6 is 34.5 Å². The molecule has 6 heteroatoms. The zero-order chi connectivity index (χ0) is 11.3. The molecule has 0 aliphatic heterocycles. The molecule has 1 aromatic rings. The molecule has 0 spiro atoms. The number of aromatic carboxylic acids is 1. The second-order valence-electron chi connectivity index (χ2n) is 2.91.